The van der Waals surface area contributed by atoms with E-state index in [0.29, 0.717) is 0 Å². The Labute approximate surface area is 62.2 Å². The number of hydrogen-bond acceptors (Lipinski definition) is 0. The smallest absolute Gasteiger partial charge is 0.0490 e. The molecule has 0 saturated heterocycles. The van der Waals surface area contributed by atoms with E-state index in [0.717, 1.165) is 0 Å². The number of rotatable bonds is 2. The van der Waals surface area contributed by atoms with E-state index in [9.17, 15) is 0 Å². The first-order valence-electron chi connectivity index (χ1n) is 3.12. The summed E-state index contributed by atoms with van der Waals surface area (Å²) in [6.45, 7) is 6.01. The van der Waals surface area contributed by atoms with Crippen molar-refractivity contribution < 1.29 is 0 Å². The minimum absolute atomic E-state index is 0.139. The van der Waals surface area contributed by atoms with E-state index in [2.05, 4.69) is 13.0 Å². The van der Waals surface area contributed by atoms with Crippen LogP contribution in [0.3, 0.4) is 0 Å². The van der Waals surface area contributed by atoms with Gasteiger partial charge in [-0.3, -0.25) is 0 Å². The molecule has 0 N–H and O–H groups in total. The summed E-state index contributed by atoms with van der Waals surface area (Å²) in [6, 6.07) is 0. The van der Waals surface area contributed by atoms with Gasteiger partial charge < -0.3 is 0 Å². The SMILES string of the molecule is C/C=C(C)\C=C/C(C)Cl. The van der Waals surface area contributed by atoms with Crippen LogP contribution in [0.25, 0.3) is 0 Å². The minimum atomic E-state index is 0.139. The Kier molecular flexibility index (Phi) is 4.51. The largest absolute Gasteiger partial charge is 0.119 e. The third-order valence-electron chi connectivity index (χ3n) is 1.08. The molecule has 1 atom stereocenters. The van der Waals surface area contributed by atoms with Gasteiger partial charge in [-0.2, -0.15) is 0 Å². The van der Waals surface area contributed by atoms with Crippen molar-refractivity contribution >= 4 is 11.6 Å². The second-order valence-electron chi connectivity index (χ2n) is 2.07. The molecular formula is C8H13Cl. The number of allylic oxidation sites excluding steroid dienone is 4. The van der Waals surface area contributed by atoms with Crippen LogP contribution < -0.4 is 0 Å². The number of alkyl halides is 1. The fraction of sp³-hybridized carbons (Fsp3) is 0.500. The maximum atomic E-state index is 5.66. The molecule has 1 unspecified atom stereocenters. The van der Waals surface area contributed by atoms with Crippen LogP contribution in [0.5, 0.6) is 0 Å². The molecule has 0 aliphatic carbocycles. The van der Waals surface area contributed by atoms with E-state index in [1.54, 1.807) is 0 Å². The molecule has 0 bridgehead atoms. The van der Waals surface area contributed by atoms with Gasteiger partial charge in [0.2, 0.25) is 0 Å². The van der Waals surface area contributed by atoms with Crippen LogP contribution >= 0.6 is 11.6 Å². The third kappa shape index (κ3) is 5.64. The fourth-order valence-electron chi connectivity index (χ4n) is 0.381. The summed E-state index contributed by atoms with van der Waals surface area (Å²) in [7, 11) is 0. The molecule has 9 heavy (non-hydrogen) atoms. The van der Waals surface area contributed by atoms with Gasteiger partial charge in [-0.15, -0.1) is 11.6 Å². The van der Waals surface area contributed by atoms with Crippen LogP contribution in [-0.2, 0) is 0 Å². The second kappa shape index (κ2) is 4.63. The minimum Gasteiger partial charge on any atom is -0.119 e. The highest BCUT2D eigenvalue weighted by molar-refractivity contribution is 6.21. The molecule has 1 heteroatoms. The molecule has 0 aromatic carbocycles. The predicted molar refractivity (Wildman–Crippen MR) is 43.9 cm³/mol. The summed E-state index contributed by atoms with van der Waals surface area (Å²) in [5.41, 5.74) is 1.25. The highest BCUT2D eigenvalue weighted by atomic mass is 35.5. The van der Waals surface area contributed by atoms with Crippen molar-refractivity contribution in [2.45, 2.75) is 26.1 Å². The van der Waals surface area contributed by atoms with Crippen molar-refractivity contribution in [1.82, 2.24) is 0 Å². The molecule has 0 radical (unpaired) electrons. The van der Waals surface area contributed by atoms with Gasteiger partial charge in [0.25, 0.3) is 0 Å². The van der Waals surface area contributed by atoms with Crippen LogP contribution in [0.4, 0.5) is 0 Å². The molecule has 0 nitrogen and oxygen atoms in total. The quantitative estimate of drug-likeness (QED) is 0.413. The molecule has 0 fully saturated rings. The van der Waals surface area contributed by atoms with Crippen molar-refractivity contribution in [3.8, 4) is 0 Å². The van der Waals surface area contributed by atoms with E-state index in [4.69, 9.17) is 11.6 Å². The fourth-order valence-corrected chi connectivity index (χ4v) is 0.453. The van der Waals surface area contributed by atoms with E-state index in [-0.39, 0.29) is 5.38 Å². The zero-order valence-electron chi connectivity index (χ0n) is 6.19. The van der Waals surface area contributed by atoms with Crippen LogP contribution in [0, 0.1) is 0 Å². The number of halogens is 1. The summed E-state index contributed by atoms with van der Waals surface area (Å²) >= 11 is 5.66. The van der Waals surface area contributed by atoms with Crippen LogP contribution in [0.2, 0.25) is 0 Å². The first-order valence-corrected chi connectivity index (χ1v) is 3.55. The molecule has 0 rings (SSSR count). The van der Waals surface area contributed by atoms with E-state index in [1.807, 2.05) is 26.0 Å². The molecule has 0 aliphatic rings. The van der Waals surface area contributed by atoms with Crippen molar-refractivity contribution in [3.63, 3.8) is 0 Å². The van der Waals surface area contributed by atoms with Gasteiger partial charge in [0.15, 0.2) is 0 Å². The first-order chi connectivity index (χ1) is 4.16. The highest BCUT2D eigenvalue weighted by Crippen LogP contribution is 1.99. The van der Waals surface area contributed by atoms with E-state index < -0.39 is 0 Å². The summed E-state index contributed by atoms with van der Waals surface area (Å²) < 4.78 is 0. The van der Waals surface area contributed by atoms with Gasteiger partial charge in [0, 0.05) is 5.38 Å². The van der Waals surface area contributed by atoms with E-state index >= 15 is 0 Å². The van der Waals surface area contributed by atoms with Crippen molar-refractivity contribution in [3.05, 3.63) is 23.8 Å². The highest BCUT2D eigenvalue weighted by Gasteiger charge is 1.84. The molecular weight excluding hydrogens is 132 g/mol. The Balaban J connectivity index is 3.71. The molecule has 0 saturated carbocycles. The summed E-state index contributed by atoms with van der Waals surface area (Å²) in [5, 5.41) is 0.139. The maximum Gasteiger partial charge on any atom is 0.0490 e. The lowest BCUT2D eigenvalue weighted by Crippen LogP contribution is -1.80. The zero-order valence-corrected chi connectivity index (χ0v) is 6.94. The van der Waals surface area contributed by atoms with Crippen molar-refractivity contribution in [1.29, 1.82) is 0 Å². The maximum absolute atomic E-state index is 5.66. The van der Waals surface area contributed by atoms with Gasteiger partial charge in [0.1, 0.15) is 0 Å². The normalized spacial score (nSPS) is 16.7. The first kappa shape index (κ1) is 8.77. The number of hydrogen-bond donors (Lipinski definition) is 0. The average molecular weight is 145 g/mol. The van der Waals surface area contributed by atoms with Gasteiger partial charge in [0.05, 0.1) is 0 Å². The Bertz CT molecular complexity index is 121. The van der Waals surface area contributed by atoms with E-state index in [1.165, 1.54) is 5.57 Å². The van der Waals surface area contributed by atoms with Gasteiger partial charge in [-0.1, -0.05) is 23.8 Å². The lowest BCUT2D eigenvalue weighted by molar-refractivity contribution is 1.22. The van der Waals surface area contributed by atoms with Crippen LogP contribution in [-0.4, -0.2) is 5.38 Å². The lowest BCUT2D eigenvalue weighted by atomic mass is 10.2. The molecule has 0 spiro atoms. The molecule has 0 aromatic rings. The summed E-state index contributed by atoms with van der Waals surface area (Å²) in [5.74, 6) is 0. The average Bonchev–Trinajstić information content (AvgIpc) is 1.83. The molecule has 0 aliphatic heterocycles. The van der Waals surface area contributed by atoms with Crippen LogP contribution in [0.15, 0.2) is 23.8 Å². The van der Waals surface area contributed by atoms with Gasteiger partial charge in [-0.05, 0) is 20.8 Å². The Hall–Kier alpha value is -0.230. The molecule has 52 valence electrons. The summed E-state index contributed by atoms with van der Waals surface area (Å²) in [6.07, 6.45) is 6.05. The second-order valence-corrected chi connectivity index (χ2v) is 2.76. The van der Waals surface area contributed by atoms with Gasteiger partial charge >= 0.3 is 0 Å². The van der Waals surface area contributed by atoms with Crippen molar-refractivity contribution in [2.75, 3.05) is 0 Å². The van der Waals surface area contributed by atoms with Crippen LogP contribution in [0.1, 0.15) is 20.8 Å². The molecule has 0 heterocycles. The lowest BCUT2D eigenvalue weighted by Gasteiger charge is -1.90. The molecule has 0 aromatic heterocycles. The monoisotopic (exact) mass is 144 g/mol. The Morgan fingerprint density at radius 2 is 2.11 bits per heavy atom. The standard InChI is InChI=1S/C8H13Cl/c1-4-7(2)5-6-8(3)9/h4-6,8H,1-3H3/b6-5-,7-4-. The summed E-state index contributed by atoms with van der Waals surface area (Å²) in [4.78, 5) is 0. The topological polar surface area (TPSA) is 0 Å². The molecule has 0 amide bonds. The predicted octanol–water partition coefficient (Wildman–Crippen LogP) is 3.14. The third-order valence-corrected chi connectivity index (χ3v) is 1.23. The van der Waals surface area contributed by atoms with Crippen molar-refractivity contribution in [2.24, 2.45) is 0 Å². The Morgan fingerprint density at radius 3 is 2.44 bits per heavy atom. The zero-order chi connectivity index (χ0) is 7.28. The Morgan fingerprint density at radius 1 is 1.56 bits per heavy atom. The van der Waals surface area contributed by atoms with Gasteiger partial charge in [-0.25, -0.2) is 0 Å².